The minimum atomic E-state index is -0.437. The van der Waals surface area contributed by atoms with E-state index in [0.29, 0.717) is 35.1 Å². The Morgan fingerprint density at radius 1 is 0.690 bits per heavy atom. The van der Waals surface area contributed by atoms with Gasteiger partial charge in [0.15, 0.2) is 11.6 Å². The van der Waals surface area contributed by atoms with Crippen LogP contribution in [-0.4, -0.2) is 78.9 Å². The van der Waals surface area contributed by atoms with Gasteiger partial charge in [-0.25, -0.2) is 8.78 Å². The molecule has 2 aliphatic heterocycles. The monoisotopic (exact) mass is 926 g/mol. The van der Waals surface area contributed by atoms with Gasteiger partial charge in [0.1, 0.15) is 52.4 Å². The van der Waals surface area contributed by atoms with E-state index in [0.717, 1.165) is 74.9 Å². The van der Waals surface area contributed by atoms with Gasteiger partial charge in [0, 0.05) is 35.0 Å². The molecule has 0 atom stereocenters. The van der Waals surface area contributed by atoms with E-state index in [1.165, 1.54) is 50.2 Å². The summed E-state index contributed by atoms with van der Waals surface area (Å²) in [5, 5.41) is 5.45. The van der Waals surface area contributed by atoms with E-state index in [9.17, 15) is 18.4 Å². The zero-order valence-corrected chi connectivity index (χ0v) is 37.2. The minimum absolute atomic E-state index is 0. The van der Waals surface area contributed by atoms with Crippen LogP contribution in [0.3, 0.4) is 0 Å². The Morgan fingerprint density at radius 2 is 1.10 bits per heavy atom. The molecule has 0 radical (unpaired) electrons. The fourth-order valence-electron chi connectivity index (χ4n) is 6.22. The highest BCUT2D eigenvalue weighted by Crippen LogP contribution is 2.30. The number of ether oxygens (including phenoxy) is 4. The molecule has 0 aromatic heterocycles. The first-order chi connectivity index (χ1) is 27.2. The summed E-state index contributed by atoms with van der Waals surface area (Å²) in [4.78, 5) is 25.1. The van der Waals surface area contributed by atoms with Crippen LogP contribution < -0.4 is 24.3 Å². The summed E-state index contributed by atoms with van der Waals surface area (Å²) < 4.78 is 49.3. The van der Waals surface area contributed by atoms with Gasteiger partial charge in [-0.05, 0) is 151 Å². The number of hydrogen-bond donors (Lipinski definition) is 1. The lowest BCUT2D eigenvalue weighted by molar-refractivity contribution is 0.0135. The molecule has 14 heteroatoms. The molecule has 0 unspecified atom stereocenters. The largest absolute Gasteiger partial charge is 0.492 e. The fraction of sp³-hybridized carbons (Fsp3) is 0.409. The second-order valence-corrected chi connectivity index (χ2v) is 16.0. The SMILES string of the molecule is CC(=O)c1cc(F)ccc1OCCBr.CC(=O)c1cc(F)ccc1OCCN1CCC(C)(Oc2ccc(Cl)cc2)CC1.CC1(Oc2ccc(Cl)cc2)CCNCC1.Cl. The van der Waals surface area contributed by atoms with Gasteiger partial charge >= 0.3 is 0 Å². The summed E-state index contributed by atoms with van der Waals surface area (Å²) in [5.41, 5.74) is 0.330. The van der Waals surface area contributed by atoms with E-state index in [4.69, 9.17) is 42.1 Å². The van der Waals surface area contributed by atoms with Crippen LogP contribution in [0, 0.1) is 11.6 Å². The first-order valence-corrected chi connectivity index (χ1v) is 20.8. The Bertz CT molecular complexity index is 1890. The predicted molar refractivity (Wildman–Crippen MR) is 234 cm³/mol. The summed E-state index contributed by atoms with van der Waals surface area (Å²) in [6.07, 6.45) is 3.92. The summed E-state index contributed by atoms with van der Waals surface area (Å²) in [6, 6.07) is 23.0. The van der Waals surface area contributed by atoms with Gasteiger partial charge in [-0.1, -0.05) is 39.1 Å². The first kappa shape index (κ1) is 48.9. The lowest BCUT2D eigenvalue weighted by Crippen LogP contribution is -2.47. The molecule has 2 aliphatic rings. The summed E-state index contributed by atoms with van der Waals surface area (Å²) in [6.45, 7) is 12.6. The third-order valence-corrected chi connectivity index (χ3v) is 10.4. The van der Waals surface area contributed by atoms with E-state index in [1.807, 2.05) is 48.5 Å². The van der Waals surface area contributed by atoms with Gasteiger partial charge in [0.25, 0.3) is 0 Å². The van der Waals surface area contributed by atoms with E-state index < -0.39 is 11.6 Å². The van der Waals surface area contributed by atoms with Crippen molar-refractivity contribution in [1.29, 1.82) is 0 Å². The van der Waals surface area contributed by atoms with Crippen LogP contribution in [-0.2, 0) is 0 Å². The Labute approximate surface area is 365 Å². The molecule has 316 valence electrons. The number of alkyl halides is 1. The molecular weight excluding hydrogens is 877 g/mol. The fourth-order valence-corrected chi connectivity index (χ4v) is 6.64. The minimum Gasteiger partial charge on any atom is -0.492 e. The number of nitrogens with one attached hydrogen (secondary N) is 1. The molecular formula is C44H52BrCl3F2N2O6. The molecule has 4 aromatic rings. The molecule has 2 fully saturated rings. The van der Waals surface area contributed by atoms with Crippen molar-refractivity contribution < 1.29 is 37.3 Å². The Balaban J connectivity index is 0.000000254. The predicted octanol–water partition coefficient (Wildman–Crippen LogP) is 11.1. The number of likely N-dealkylation sites (tertiary alicyclic amines) is 1. The Hall–Kier alpha value is -3.45. The van der Waals surface area contributed by atoms with Crippen molar-refractivity contribution in [3.8, 4) is 23.0 Å². The van der Waals surface area contributed by atoms with Gasteiger partial charge in [-0.15, -0.1) is 12.4 Å². The van der Waals surface area contributed by atoms with Crippen LogP contribution in [0.25, 0.3) is 0 Å². The Morgan fingerprint density at radius 3 is 1.52 bits per heavy atom. The number of ketones is 2. The molecule has 0 saturated carbocycles. The third-order valence-electron chi connectivity index (χ3n) is 9.57. The standard InChI is InChI=1S/C22H25ClFNO3.C12H16ClNO.C10H10BrFO2.ClH/c1-16(26)20-15-18(24)5-8-21(20)27-14-13-25-11-9-22(2,10-12-25)28-19-6-3-17(23)4-7-19;1-12(6-8-14-9-7-12)15-11-4-2-10(13)3-5-11;1-7(13)9-6-8(12)2-3-10(9)14-5-4-11;/h3-8,15H,9-14H2,1-2H3;2-5,14H,6-9H2,1H3;2-3,6H,4-5H2,1H3;1H. The van der Waals surface area contributed by atoms with Crippen molar-refractivity contribution in [1.82, 2.24) is 10.2 Å². The van der Waals surface area contributed by atoms with Crippen molar-refractivity contribution in [2.24, 2.45) is 0 Å². The normalized spacial score (nSPS) is 15.5. The molecule has 58 heavy (non-hydrogen) atoms. The zero-order valence-electron chi connectivity index (χ0n) is 33.3. The third kappa shape index (κ3) is 16.3. The van der Waals surface area contributed by atoms with Crippen molar-refractivity contribution in [3.63, 3.8) is 0 Å². The highest BCUT2D eigenvalue weighted by Gasteiger charge is 2.32. The van der Waals surface area contributed by atoms with Gasteiger partial charge in [0.2, 0.25) is 0 Å². The van der Waals surface area contributed by atoms with Crippen LogP contribution in [0.1, 0.15) is 74.1 Å². The van der Waals surface area contributed by atoms with E-state index in [2.05, 4.69) is 40.0 Å². The molecule has 0 bridgehead atoms. The van der Waals surface area contributed by atoms with E-state index >= 15 is 0 Å². The lowest BCUT2D eigenvalue weighted by atomic mass is 9.93. The van der Waals surface area contributed by atoms with Crippen LogP contribution >= 0.6 is 51.5 Å². The number of benzene rings is 4. The number of nitrogens with zero attached hydrogens (tertiary/aromatic N) is 1. The van der Waals surface area contributed by atoms with Gasteiger partial charge in [0.05, 0.1) is 17.7 Å². The highest BCUT2D eigenvalue weighted by atomic mass is 79.9. The molecule has 2 saturated heterocycles. The molecule has 1 N–H and O–H groups in total. The molecule has 6 rings (SSSR count). The smallest absolute Gasteiger partial charge is 0.163 e. The average Bonchev–Trinajstić information content (AvgIpc) is 3.18. The maximum atomic E-state index is 13.3. The van der Waals surface area contributed by atoms with Gasteiger partial charge in [-0.3, -0.25) is 14.5 Å². The van der Waals surface area contributed by atoms with E-state index in [1.54, 1.807) is 0 Å². The maximum absolute atomic E-state index is 13.3. The van der Waals surface area contributed by atoms with Gasteiger partial charge in [-0.2, -0.15) is 0 Å². The number of halogens is 6. The number of rotatable bonds is 13. The molecule has 8 nitrogen and oxygen atoms in total. The van der Waals surface area contributed by atoms with Crippen LogP contribution in [0.2, 0.25) is 10.0 Å². The zero-order chi connectivity index (χ0) is 41.4. The molecule has 0 amide bonds. The number of Topliss-reactive ketones (excluding diaryl/α,β-unsaturated/α-hetero) is 2. The van der Waals surface area contributed by atoms with Crippen molar-refractivity contribution in [2.75, 3.05) is 51.3 Å². The van der Waals surface area contributed by atoms with Crippen molar-refractivity contribution >= 4 is 63.1 Å². The van der Waals surface area contributed by atoms with Crippen molar-refractivity contribution in [2.45, 2.75) is 64.6 Å². The topological polar surface area (TPSA) is 86.3 Å². The first-order valence-electron chi connectivity index (χ1n) is 18.9. The van der Waals surface area contributed by atoms with Crippen molar-refractivity contribution in [3.05, 3.63) is 118 Å². The second-order valence-electron chi connectivity index (χ2n) is 14.4. The quantitative estimate of drug-likeness (QED) is 0.105. The number of hydrogen-bond acceptors (Lipinski definition) is 8. The summed E-state index contributed by atoms with van der Waals surface area (Å²) in [5.74, 6) is 1.33. The maximum Gasteiger partial charge on any atom is 0.163 e. The molecule has 0 spiro atoms. The molecule has 2 heterocycles. The second kappa shape index (κ2) is 24.0. The van der Waals surface area contributed by atoms with E-state index in [-0.39, 0.29) is 46.3 Å². The molecule has 0 aliphatic carbocycles. The number of carbonyl (C=O) groups excluding carboxylic acids is 2. The van der Waals surface area contributed by atoms with Crippen LogP contribution in [0.5, 0.6) is 23.0 Å². The summed E-state index contributed by atoms with van der Waals surface area (Å²) >= 11 is 14.9. The highest BCUT2D eigenvalue weighted by molar-refractivity contribution is 9.09. The number of carbonyl (C=O) groups is 2. The molecule has 4 aromatic carbocycles. The number of piperidine rings is 2. The van der Waals surface area contributed by atoms with Crippen LogP contribution in [0.15, 0.2) is 84.9 Å². The van der Waals surface area contributed by atoms with Crippen LogP contribution in [0.4, 0.5) is 8.78 Å². The average molecular weight is 929 g/mol. The Kier molecular flexibility index (Phi) is 20.2. The van der Waals surface area contributed by atoms with Gasteiger partial charge < -0.3 is 24.3 Å². The summed E-state index contributed by atoms with van der Waals surface area (Å²) in [7, 11) is 0. The lowest BCUT2D eigenvalue weighted by Gasteiger charge is -2.39.